The number of fused-ring (bicyclic) bond motifs is 1. The van der Waals surface area contributed by atoms with Crippen molar-refractivity contribution < 1.29 is 4.74 Å². The van der Waals surface area contributed by atoms with Gasteiger partial charge in [0.25, 0.3) is 0 Å². The Kier molecular flexibility index (Phi) is 4.13. The molecule has 2 N–H and O–H groups in total. The van der Waals surface area contributed by atoms with Crippen LogP contribution in [0.25, 0.3) is 0 Å². The molecule has 3 nitrogen and oxygen atoms in total. The lowest BCUT2D eigenvalue weighted by Gasteiger charge is -2.67. The summed E-state index contributed by atoms with van der Waals surface area (Å²) in [6, 6.07) is 0. The predicted molar refractivity (Wildman–Crippen MR) is 82.7 cm³/mol. The van der Waals surface area contributed by atoms with Crippen LogP contribution in [0.5, 0.6) is 0 Å². The van der Waals surface area contributed by atoms with Gasteiger partial charge in [-0.1, -0.05) is 33.1 Å². The molecule has 20 heavy (non-hydrogen) atoms. The van der Waals surface area contributed by atoms with E-state index in [9.17, 15) is 0 Å². The van der Waals surface area contributed by atoms with Gasteiger partial charge in [-0.05, 0) is 38.8 Å². The molecule has 116 valence electrons. The summed E-state index contributed by atoms with van der Waals surface area (Å²) in [5.74, 6) is 0.580. The number of hydrogen-bond acceptors (Lipinski definition) is 3. The van der Waals surface area contributed by atoms with Gasteiger partial charge in [-0.3, -0.25) is 0 Å². The Morgan fingerprint density at radius 3 is 2.40 bits per heavy atom. The maximum absolute atomic E-state index is 6.93. The summed E-state index contributed by atoms with van der Waals surface area (Å²) < 4.78 is 6.02. The zero-order valence-electron chi connectivity index (χ0n) is 13.4. The summed E-state index contributed by atoms with van der Waals surface area (Å²) in [5.41, 5.74) is 7.02. The standard InChI is InChI=1S/C17H32N2O/c1-16(2)15-14(9-8-12-20-15)17(16,18)13-19-10-6-4-3-5-7-11-19/h14-15H,3-13,18H2,1-2H3. The molecule has 0 radical (unpaired) electrons. The fraction of sp³-hybridized carbons (Fsp3) is 1.00. The van der Waals surface area contributed by atoms with Crippen LogP contribution in [0.2, 0.25) is 0 Å². The molecule has 1 aliphatic carbocycles. The highest BCUT2D eigenvalue weighted by atomic mass is 16.5. The zero-order chi connectivity index (χ0) is 14.2. The van der Waals surface area contributed by atoms with Gasteiger partial charge < -0.3 is 15.4 Å². The molecule has 0 spiro atoms. The SMILES string of the molecule is CC1(C)C2OCCCC2C1(N)CN1CCCCCCC1. The van der Waals surface area contributed by atoms with E-state index in [1.165, 1.54) is 58.0 Å². The largest absolute Gasteiger partial charge is 0.377 e. The Labute approximate surface area is 124 Å². The molecule has 0 aromatic carbocycles. The number of nitrogens with two attached hydrogens (primary N) is 1. The quantitative estimate of drug-likeness (QED) is 0.845. The van der Waals surface area contributed by atoms with E-state index in [2.05, 4.69) is 18.7 Å². The molecule has 3 unspecified atom stereocenters. The number of likely N-dealkylation sites (tertiary alicyclic amines) is 1. The monoisotopic (exact) mass is 280 g/mol. The molecule has 2 heterocycles. The smallest absolute Gasteiger partial charge is 0.0690 e. The Hall–Kier alpha value is -0.120. The van der Waals surface area contributed by atoms with Gasteiger partial charge in [0.2, 0.25) is 0 Å². The van der Waals surface area contributed by atoms with E-state index < -0.39 is 0 Å². The van der Waals surface area contributed by atoms with Crippen molar-refractivity contribution >= 4 is 0 Å². The molecular weight excluding hydrogens is 248 g/mol. The number of nitrogens with zero attached hydrogens (tertiary/aromatic N) is 1. The van der Waals surface area contributed by atoms with Crippen molar-refractivity contribution in [1.29, 1.82) is 0 Å². The maximum Gasteiger partial charge on any atom is 0.0690 e. The van der Waals surface area contributed by atoms with Crippen LogP contribution in [0.15, 0.2) is 0 Å². The van der Waals surface area contributed by atoms with Gasteiger partial charge >= 0.3 is 0 Å². The van der Waals surface area contributed by atoms with Crippen LogP contribution in [0, 0.1) is 11.3 Å². The lowest BCUT2D eigenvalue weighted by atomic mass is 9.46. The highest BCUT2D eigenvalue weighted by Gasteiger charge is 2.66. The van der Waals surface area contributed by atoms with Gasteiger partial charge in [-0.25, -0.2) is 0 Å². The molecule has 2 aliphatic heterocycles. The van der Waals surface area contributed by atoms with Crippen molar-refractivity contribution in [2.75, 3.05) is 26.2 Å². The number of hydrogen-bond donors (Lipinski definition) is 1. The van der Waals surface area contributed by atoms with Crippen LogP contribution in [0.3, 0.4) is 0 Å². The molecule has 0 aromatic rings. The van der Waals surface area contributed by atoms with Gasteiger partial charge in [-0.2, -0.15) is 0 Å². The molecule has 3 heteroatoms. The van der Waals surface area contributed by atoms with E-state index in [-0.39, 0.29) is 11.0 Å². The van der Waals surface area contributed by atoms with Crippen molar-refractivity contribution in [2.24, 2.45) is 17.1 Å². The lowest BCUT2D eigenvalue weighted by Crippen LogP contribution is -2.80. The number of ether oxygens (including phenoxy) is 1. The van der Waals surface area contributed by atoms with Gasteiger partial charge in [0.1, 0.15) is 0 Å². The Bertz CT molecular complexity index is 336. The molecule has 0 amide bonds. The minimum absolute atomic E-state index is 0.0444. The van der Waals surface area contributed by atoms with Crippen LogP contribution in [0.1, 0.15) is 58.8 Å². The van der Waals surface area contributed by atoms with Crippen molar-refractivity contribution in [1.82, 2.24) is 4.90 Å². The summed E-state index contributed by atoms with van der Waals surface area (Å²) in [4.78, 5) is 2.64. The van der Waals surface area contributed by atoms with E-state index in [0.717, 1.165) is 13.2 Å². The second-order valence-electron chi connectivity index (χ2n) is 7.85. The molecule has 3 fully saturated rings. The maximum atomic E-state index is 6.93. The van der Waals surface area contributed by atoms with Gasteiger partial charge in [0.15, 0.2) is 0 Å². The van der Waals surface area contributed by atoms with E-state index in [0.29, 0.717) is 12.0 Å². The molecule has 3 aliphatic rings. The zero-order valence-corrected chi connectivity index (χ0v) is 13.4. The number of rotatable bonds is 2. The molecule has 0 aromatic heterocycles. The van der Waals surface area contributed by atoms with Gasteiger partial charge in [-0.15, -0.1) is 0 Å². The first kappa shape index (κ1) is 14.8. The fourth-order valence-corrected chi connectivity index (χ4v) is 4.83. The third kappa shape index (κ3) is 2.32. The average Bonchev–Trinajstić information content (AvgIpc) is 2.41. The second-order valence-corrected chi connectivity index (χ2v) is 7.85. The molecule has 2 saturated heterocycles. The Morgan fingerprint density at radius 1 is 1.05 bits per heavy atom. The summed E-state index contributed by atoms with van der Waals surface area (Å²) in [5, 5.41) is 0. The third-order valence-electron chi connectivity index (χ3n) is 6.33. The van der Waals surface area contributed by atoms with Crippen molar-refractivity contribution in [2.45, 2.75) is 70.4 Å². The Balaban J connectivity index is 1.67. The summed E-state index contributed by atoms with van der Waals surface area (Å²) >= 11 is 0. The topological polar surface area (TPSA) is 38.5 Å². The first-order chi connectivity index (χ1) is 9.56. The van der Waals surface area contributed by atoms with E-state index >= 15 is 0 Å². The average molecular weight is 280 g/mol. The van der Waals surface area contributed by atoms with Crippen LogP contribution < -0.4 is 5.73 Å². The summed E-state index contributed by atoms with van der Waals surface area (Å²) in [6.07, 6.45) is 9.76. The van der Waals surface area contributed by atoms with E-state index in [4.69, 9.17) is 10.5 Å². The predicted octanol–water partition coefficient (Wildman–Crippen LogP) is 2.79. The van der Waals surface area contributed by atoms with Crippen molar-refractivity contribution in [3.05, 3.63) is 0 Å². The minimum atomic E-state index is -0.0444. The second kappa shape index (κ2) is 5.58. The minimum Gasteiger partial charge on any atom is -0.377 e. The van der Waals surface area contributed by atoms with Gasteiger partial charge in [0, 0.05) is 30.0 Å². The summed E-state index contributed by atoms with van der Waals surface area (Å²) in [7, 11) is 0. The van der Waals surface area contributed by atoms with Crippen molar-refractivity contribution in [3.8, 4) is 0 Å². The molecule has 3 atom stereocenters. The van der Waals surface area contributed by atoms with Crippen LogP contribution in [-0.4, -0.2) is 42.8 Å². The van der Waals surface area contributed by atoms with Crippen LogP contribution >= 0.6 is 0 Å². The Morgan fingerprint density at radius 2 is 1.70 bits per heavy atom. The highest BCUT2D eigenvalue weighted by molar-refractivity contribution is 5.20. The summed E-state index contributed by atoms with van der Waals surface area (Å²) in [6.45, 7) is 9.14. The van der Waals surface area contributed by atoms with E-state index in [1.807, 2.05) is 0 Å². The first-order valence-electron chi connectivity index (χ1n) is 8.68. The third-order valence-corrected chi connectivity index (χ3v) is 6.33. The lowest BCUT2D eigenvalue weighted by molar-refractivity contribution is -0.232. The van der Waals surface area contributed by atoms with Crippen LogP contribution in [0.4, 0.5) is 0 Å². The van der Waals surface area contributed by atoms with Gasteiger partial charge in [0.05, 0.1) is 6.10 Å². The normalized spacial score (nSPS) is 42.1. The van der Waals surface area contributed by atoms with Crippen molar-refractivity contribution in [3.63, 3.8) is 0 Å². The molecule has 3 rings (SSSR count). The molecule has 0 bridgehead atoms. The highest BCUT2D eigenvalue weighted by Crippen LogP contribution is 2.57. The van der Waals surface area contributed by atoms with Crippen LogP contribution in [-0.2, 0) is 4.74 Å². The molecular formula is C17H32N2O. The van der Waals surface area contributed by atoms with E-state index in [1.54, 1.807) is 0 Å². The molecule has 1 saturated carbocycles. The first-order valence-corrected chi connectivity index (χ1v) is 8.68. The fourth-order valence-electron chi connectivity index (χ4n) is 4.83.